The molecule has 16 heavy (non-hydrogen) atoms. The first-order valence-electron chi connectivity index (χ1n) is 4.80. The van der Waals surface area contributed by atoms with Gasteiger partial charge in [-0.2, -0.15) is 0 Å². The minimum absolute atomic E-state index is 0.295. The number of hydrogen-bond acceptors (Lipinski definition) is 3. The molecule has 0 amide bonds. The fraction of sp³-hybridized carbons (Fsp3) is 0.182. The van der Waals surface area contributed by atoms with Gasteiger partial charge in [-0.1, -0.05) is 18.2 Å². The Morgan fingerprint density at radius 3 is 2.50 bits per heavy atom. The molecular weight excluding hydrogens is 224 g/mol. The average molecular weight is 236 g/mol. The summed E-state index contributed by atoms with van der Waals surface area (Å²) < 4.78 is 25.3. The van der Waals surface area contributed by atoms with Crippen LogP contribution in [0.5, 0.6) is 0 Å². The van der Waals surface area contributed by atoms with Gasteiger partial charge >= 0.3 is 0 Å². The monoisotopic (exact) mass is 236 g/mol. The van der Waals surface area contributed by atoms with E-state index >= 15 is 0 Å². The summed E-state index contributed by atoms with van der Waals surface area (Å²) in [6, 6.07) is 8.72. The van der Waals surface area contributed by atoms with Crippen molar-refractivity contribution in [3.05, 3.63) is 36.5 Å². The van der Waals surface area contributed by atoms with Gasteiger partial charge in [-0.3, -0.25) is 4.98 Å². The number of nitrogens with zero attached hydrogens (tertiary/aromatic N) is 2. The number of benzene rings is 1. The molecule has 2 rings (SSSR count). The molecule has 5 heteroatoms. The highest BCUT2D eigenvalue weighted by Crippen LogP contribution is 2.22. The van der Waals surface area contributed by atoms with Gasteiger partial charge in [0.15, 0.2) is 0 Å². The van der Waals surface area contributed by atoms with Crippen molar-refractivity contribution in [2.75, 3.05) is 14.1 Å². The van der Waals surface area contributed by atoms with Gasteiger partial charge in [-0.05, 0) is 12.1 Å². The maximum atomic E-state index is 12.0. The quantitative estimate of drug-likeness (QED) is 0.793. The number of sulfonamides is 1. The van der Waals surface area contributed by atoms with E-state index in [2.05, 4.69) is 4.98 Å². The van der Waals surface area contributed by atoms with Crippen LogP contribution in [0.1, 0.15) is 0 Å². The molecule has 84 valence electrons. The number of hydrogen-bond donors (Lipinski definition) is 0. The zero-order valence-corrected chi connectivity index (χ0v) is 9.90. The van der Waals surface area contributed by atoms with Gasteiger partial charge in [0.05, 0.1) is 10.4 Å². The van der Waals surface area contributed by atoms with Crippen LogP contribution in [0.15, 0.2) is 41.4 Å². The number of para-hydroxylation sites is 1. The number of fused-ring (bicyclic) bond motifs is 1. The van der Waals surface area contributed by atoms with Crippen molar-refractivity contribution in [3.8, 4) is 0 Å². The van der Waals surface area contributed by atoms with E-state index in [1.165, 1.54) is 30.7 Å². The topological polar surface area (TPSA) is 50.3 Å². The molecule has 0 N–H and O–H groups in total. The van der Waals surface area contributed by atoms with Crippen LogP contribution in [0.3, 0.4) is 0 Å². The third-order valence-electron chi connectivity index (χ3n) is 2.37. The molecule has 4 nitrogen and oxygen atoms in total. The van der Waals surface area contributed by atoms with Crippen molar-refractivity contribution < 1.29 is 8.42 Å². The summed E-state index contributed by atoms with van der Waals surface area (Å²) in [7, 11) is -0.373. The van der Waals surface area contributed by atoms with Crippen molar-refractivity contribution in [2.45, 2.75) is 4.90 Å². The Labute approximate surface area is 94.6 Å². The van der Waals surface area contributed by atoms with Gasteiger partial charge in [0.25, 0.3) is 0 Å². The number of pyridine rings is 1. The minimum Gasteiger partial charge on any atom is -0.256 e. The predicted molar refractivity (Wildman–Crippen MR) is 62.6 cm³/mol. The van der Waals surface area contributed by atoms with Crippen molar-refractivity contribution in [3.63, 3.8) is 0 Å². The highest BCUT2D eigenvalue weighted by molar-refractivity contribution is 7.89. The normalized spacial score (nSPS) is 12.2. The highest BCUT2D eigenvalue weighted by atomic mass is 32.2. The lowest BCUT2D eigenvalue weighted by Crippen LogP contribution is -2.22. The van der Waals surface area contributed by atoms with Crippen LogP contribution in [-0.4, -0.2) is 31.8 Å². The van der Waals surface area contributed by atoms with E-state index < -0.39 is 10.0 Å². The predicted octanol–water partition coefficient (Wildman–Crippen LogP) is 1.49. The van der Waals surface area contributed by atoms with Crippen LogP contribution in [0.25, 0.3) is 10.9 Å². The Kier molecular flexibility index (Phi) is 2.65. The molecule has 0 atom stereocenters. The van der Waals surface area contributed by atoms with E-state index in [9.17, 15) is 8.42 Å². The molecule has 0 fully saturated rings. The Morgan fingerprint density at radius 1 is 1.12 bits per heavy atom. The van der Waals surface area contributed by atoms with E-state index in [4.69, 9.17) is 0 Å². The molecule has 0 unspecified atom stereocenters. The maximum Gasteiger partial charge on any atom is 0.243 e. The standard InChI is InChI=1S/C11H12N2O2S/c1-13(2)16(14,15)11-7-8-12-10-6-4-3-5-9(10)11/h3-8H,1-2H3. The second-order valence-electron chi connectivity index (χ2n) is 3.61. The molecule has 0 bridgehead atoms. The van der Waals surface area contributed by atoms with Crippen molar-refractivity contribution in [1.82, 2.24) is 9.29 Å². The second kappa shape index (κ2) is 3.84. The van der Waals surface area contributed by atoms with Crippen LogP contribution in [0.2, 0.25) is 0 Å². The Hall–Kier alpha value is -1.46. The maximum absolute atomic E-state index is 12.0. The van der Waals surface area contributed by atoms with Crippen molar-refractivity contribution in [1.29, 1.82) is 0 Å². The van der Waals surface area contributed by atoms with Crippen LogP contribution in [-0.2, 0) is 10.0 Å². The first-order chi connectivity index (χ1) is 7.53. The van der Waals surface area contributed by atoms with E-state index in [1.54, 1.807) is 18.2 Å². The molecule has 1 aromatic heterocycles. The Balaban J connectivity index is 2.80. The number of aromatic nitrogens is 1. The van der Waals surface area contributed by atoms with E-state index in [0.717, 1.165) is 0 Å². The molecule has 0 radical (unpaired) electrons. The lowest BCUT2D eigenvalue weighted by Gasteiger charge is -2.12. The molecular formula is C11H12N2O2S. The zero-order valence-electron chi connectivity index (χ0n) is 9.08. The molecule has 2 aromatic rings. The summed E-state index contributed by atoms with van der Waals surface area (Å²) in [4.78, 5) is 4.43. The molecule has 1 aromatic carbocycles. The molecule has 0 spiro atoms. The zero-order chi connectivity index (χ0) is 11.8. The second-order valence-corrected chi connectivity index (χ2v) is 5.73. The summed E-state index contributed by atoms with van der Waals surface area (Å²) in [5.41, 5.74) is 0.686. The third-order valence-corrected chi connectivity index (χ3v) is 4.24. The van der Waals surface area contributed by atoms with Gasteiger partial charge < -0.3 is 0 Å². The molecule has 0 aliphatic heterocycles. The van der Waals surface area contributed by atoms with E-state index in [-0.39, 0.29) is 0 Å². The summed E-state index contributed by atoms with van der Waals surface area (Å²) in [6.45, 7) is 0. The van der Waals surface area contributed by atoms with Crippen LogP contribution in [0, 0.1) is 0 Å². The van der Waals surface area contributed by atoms with Crippen molar-refractivity contribution in [2.24, 2.45) is 0 Å². The molecule has 1 heterocycles. The van der Waals surface area contributed by atoms with Crippen LogP contribution < -0.4 is 0 Å². The smallest absolute Gasteiger partial charge is 0.243 e. The van der Waals surface area contributed by atoms with Gasteiger partial charge in [-0.15, -0.1) is 0 Å². The van der Waals surface area contributed by atoms with Gasteiger partial charge in [0.2, 0.25) is 10.0 Å². The summed E-state index contributed by atoms with van der Waals surface area (Å²) in [6.07, 6.45) is 1.51. The van der Waals surface area contributed by atoms with Gasteiger partial charge in [0.1, 0.15) is 0 Å². The highest BCUT2D eigenvalue weighted by Gasteiger charge is 2.19. The molecule has 0 aliphatic carbocycles. The van der Waals surface area contributed by atoms with Crippen LogP contribution >= 0.6 is 0 Å². The van der Waals surface area contributed by atoms with Crippen LogP contribution in [0.4, 0.5) is 0 Å². The van der Waals surface area contributed by atoms with Gasteiger partial charge in [-0.25, -0.2) is 12.7 Å². The van der Waals surface area contributed by atoms with Crippen molar-refractivity contribution >= 4 is 20.9 Å². The number of rotatable bonds is 2. The first kappa shape index (κ1) is 11.0. The largest absolute Gasteiger partial charge is 0.256 e. The summed E-state index contributed by atoms with van der Waals surface area (Å²) in [5.74, 6) is 0. The molecule has 0 saturated heterocycles. The molecule has 0 saturated carbocycles. The third kappa shape index (κ3) is 1.68. The molecule has 0 aliphatic rings. The lowest BCUT2D eigenvalue weighted by molar-refractivity contribution is 0.521. The summed E-state index contributed by atoms with van der Waals surface area (Å²) >= 11 is 0. The van der Waals surface area contributed by atoms with E-state index in [0.29, 0.717) is 15.8 Å². The minimum atomic E-state index is -3.41. The first-order valence-corrected chi connectivity index (χ1v) is 6.24. The van der Waals surface area contributed by atoms with Gasteiger partial charge in [0, 0.05) is 25.7 Å². The average Bonchev–Trinajstić information content (AvgIpc) is 2.28. The Bertz CT molecular complexity index is 615. The summed E-state index contributed by atoms with van der Waals surface area (Å²) in [5, 5.41) is 0.652. The lowest BCUT2D eigenvalue weighted by atomic mass is 10.2. The van der Waals surface area contributed by atoms with E-state index in [1.807, 2.05) is 6.07 Å². The SMILES string of the molecule is CN(C)S(=O)(=O)c1ccnc2ccccc12. The Morgan fingerprint density at radius 2 is 1.81 bits per heavy atom. The fourth-order valence-electron chi connectivity index (χ4n) is 1.49. The fourth-order valence-corrected chi connectivity index (χ4v) is 2.57.